The average Bonchev–Trinajstić information content (AvgIpc) is 2.90. The van der Waals surface area contributed by atoms with E-state index in [1.165, 1.54) is 11.6 Å². The van der Waals surface area contributed by atoms with Crippen LogP contribution >= 0.6 is 0 Å². The largest absolute Gasteiger partial charge is 0.429 e. The van der Waals surface area contributed by atoms with Crippen molar-refractivity contribution in [2.45, 2.75) is 26.2 Å². The predicted molar refractivity (Wildman–Crippen MR) is 84.8 cm³/mol. The highest BCUT2D eigenvalue weighted by atomic mass is 16.6. The van der Waals surface area contributed by atoms with E-state index < -0.39 is 4.92 Å². The Balaban J connectivity index is 2.07. The van der Waals surface area contributed by atoms with E-state index >= 15 is 0 Å². The minimum absolute atomic E-state index is 0.0671. The van der Waals surface area contributed by atoms with Gasteiger partial charge in [-0.15, -0.1) is 0 Å². The van der Waals surface area contributed by atoms with Crippen LogP contribution in [0, 0.1) is 10.1 Å². The molecule has 0 N–H and O–H groups in total. The molecule has 0 fully saturated rings. The van der Waals surface area contributed by atoms with Crippen LogP contribution in [-0.2, 0) is 5.41 Å². The number of benzene rings is 2. The maximum Gasteiger partial charge on any atom is 0.313 e. The number of para-hydroxylation sites is 1. The second kappa shape index (κ2) is 4.94. The first-order chi connectivity index (χ1) is 10.4. The summed E-state index contributed by atoms with van der Waals surface area (Å²) in [7, 11) is 0. The highest BCUT2D eigenvalue weighted by molar-refractivity contribution is 5.84. The van der Waals surface area contributed by atoms with Gasteiger partial charge in [-0.05, 0) is 29.2 Å². The van der Waals surface area contributed by atoms with Gasteiger partial charge in [0.2, 0.25) is 11.5 Å². The second-order valence-corrected chi connectivity index (χ2v) is 6.23. The number of non-ortho nitro benzene ring substituents is 1. The predicted octanol–water partition coefficient (Wildman–Crippen LogP) is 4.70. The molecule has 3 rings (SSSR count). The number of nitro groups is 1. The summed E-state index contributed by atoms with van der Waals surface area (Å²) in [6, 6.07) is 12.6. The topological polar surface area (TPSA) is 69.2 Å². The van der Waals surface area contributed by atoms with Crippen LogP contribution in [0.3, 0.4) is 0 Å². The van der Waals surface area contributed by atoms with Gasteiger partial charge in [0.15, 0.2) is 0 Å². The Kier molecular flexibility index (Phi) is 3.20. The molecule has 0 atom stereocenters. The summed E-state index contributed by atoms with van der Waals surface area (Å²) in [4.78, 5) is 14.9. The normalized spacial score (nSPS) is 11.8. The molecule has 0 aliphatic carbocycles. The van der Waals surface area contributed by atoms with E-state index in [0.29, 0.717) is 11.4 Å². The van der Waals surface area contributed by atoms with Gasteiger partial charge >= 0.3 is 5.69 Å². The van der Waals surface area contributed by atoms with Crippen LogP contribution in [0.1, 0.15) is 26.3 Å². The fourth-order valence-electron chi connectivity index (χ4n) is 2.31. The van der Waals surface area contributed by atoms with Crippen molar-refractivity contribution in [2.24, 2.45) is 0 Å². The maximum atomic E-state index is 11.0. The lowest BCUT2D eigenvalue weighted by atomic mass is 9.87. The molecular formula is C17H16N2O3. The Morgan fingerprint density at radius 2 is 1.77 bits per heavy atom. The van der Waals surface area contributed by atoms with Crippen molar-refractivity contribution in [1.29, 1.82) is 0 Å². The monoisotopic (exact) mass is 296 g/mol. The number of nitro benzene ring substituents is 1. The summed E-state index contributed by atoms with van der Waals surface area (Å²) in [5.74, 6) is 0.393. The summed E-state index contributed by atoms with van der Waals surface area (Å²) in [6.07, 6.45) is 0. The van der Waals surface area contributed by atoms with E-state index in [2.05, 4.69) is 25.8 Å². The summed E-state index contributed by atoms with van der Waals surface area (Å²) >= 11 is 0. The number of hydrogen-bond acceptors (Lipinski definition) is 4. The van der Waals surface area contributed by atoms with Gasteiger partial charge in [-0.1, -0.05) is 39.0 Å². The van der Waals surface area contributed by atoms with Gasteiger partial charge in [-0.25, -0.2) is 4.98 Å². The van der Waals surface area contributed by atoms with Gasteiger partial charge < -0.3 is 4.42 Å². The maximum absolute atomic E-state index is 11.0. The van der Waals surface area contributed by atoms with Gasteiger partial charge in [-0.3, -0.25) is 10.1 Å². The quantitative estimate of drug-likeness (QED) is 0.507. The van der Waals surface area contributed by atoms with Crippen molar-refractivity contribution in [2.75, 3.05) is 0 Å². The minimum Gasteiger partial charge on any atom is -0.429 e. The molecule has 5 nitrogen and oxygen atoms in total. The molecule has 5 heteroatoms. The van der Waals surface area contributed by atoms with E-state index in [-0.39, 0.29) is 16.7 Å². The van der Waals surface area contributed by atoms with Crippen LogP contribution in [0.4, 0.5) is 5.69 Å². The standard InChI is InChI=1S/C17H16N2O3/c1-17(2,3)12-9-7-11(8-10-12)16-18-13-5-4-6-14(19(20)21)15(13)22-16/h4-10H,1-3H3. The average molecular weight is 296 g/mol. The summed E-state index contributed by atoms with van der Waals surface area (Å²) < 4.78 is 5.62. The van der Waals surface area contributed by atoms with E-state index in [1.54, 1.807) is 12.1 Å². The molecule has 0 unspecified atom stereocenters. The summed E-state index contributed by atoms with van der Waals surface area (Å²) in [5.41, 5.74) is 2.71. The Labute approximate surface area is 127 Å². The van der Waals surface area contributed by atoms with Gasteiger partial charge in [0.05, 0.1) is 4.92 Å². The third-order valence-corrected chi connectivity index (χ3v) is 3.59. The zero-order chi connectivity index (χ0) is 15.9. The number of rotatable bonds is 2. The first-order valence-electron chi connectivity index (χ1n) is 7.01. The highest BCUT2D eigenvalue weighted by Crippen LogP contribution is 2.31. The molecule has 112 valence electrons. The molecule has 3 aromatic rings. The Morgan fingerprint density at radius 3 is 2.36 bits per heavy atom. The fraction of sp³-hybridized carbons (Fsp3) is 0.235. The van der Waals surface area contributed by atoms with E-state index in [9.17, 15) is 10.1 Å². The lowest BCUT2D eigenvalue weighted by molar-refractivity contribution is -0.383. The highest BCUT2D eigenvalue weighted by Gasteiger charge is 2.19. The third kappa shape index (κ3) is 2.45. The van der Waals surface area contributed by atoms with Gasteiger partial charge in [0, 0.05) is 11.6 Å². The van der Waals surface area contributed by atoms with Crippen LogP contribution in [0.5, 0.6) is 0 Å². The van der Waals surface area contributed by atoms with Crippen LogP contribution in [-0.4, -0.2) is 9.91 Å². The second-order valence-electron chi connectivity index (χ2n) is 6.23. The first kappa shape index (κ1) is 14.3. The van der Waals surface area contributed by atoms with E-state index in [1.807, 2.05) is 24.3 Å². The molecule has 0 bridgehead atoms. The first-order valence-corrected chi connectivity index (χ1v) is 7.01. The van der Waals surface area contributed by atoms with Crippen molar-refractivity contribution in [3.05, 3.63) is 58.1 Å². The van der Waals surface area contributed by atoms with Crippen LogP contribution in [0.25, 0.3) is 22.6 Å². The molecule has 0 aliphatic rings. The van der Waals surface area contributed by atoms with Crippen molar-refractivity contribution < 1.29 is 9.34 Å². The van der Waals surface area contributed by atoms with Gasteiger partial charge in [0.25, 0.3) is 0 Å². The molecule has 0 saturated heterocycles. The number of nitrogens with zero attached hydrogens (tertiary/aromatic N) is 2. The SMILES string of the molecule is CC(C)(C)c1ccc(-c2nc3cccc([N+](=O)[O-])c3o2)cc1. The summed E-state index contributed by atoms with van der Waals surface area (Å²) in [6.45, 7) is 6.43. The van der Waals surface area contributed by atoms with Crippen LogP contribution < -0.4 is 0 Å². The summed E-state index contributed by atoms with van der Waals surface area (Å²) in [5, 5.41) is 11.0. The molecule has 0 spiro atoms. The molecule has 1 aromatic heterocycles. The van der Waals surface area contributed by atoms with E-state index in [0.717, 1.165) is 5.56 Å². The molecule has 22 heavy (non-hydrogen) atoms. The molecule has 1 heterocycles. The number of oxazole rings is 1. The Morgan fingerprint density at radius 1 is 1.09 bits per heavy atom. The molecule has 2 aromatic carbocycles. The molecular weight excluding hydrogens is 280 g/mol. The van der Waals surface area contributed by atoms with Gasteiger partial charge in [0.1, 0.15) is 5.52 Å². The van der Waals surface area contributed by atoms with Crippen molar-refractivity contribution >= 4 is 16.8 Å². The zero-order valence-corrected chi connectivity index (χ0v) is 12.7. The number of fused-ring (bicyclic) bond motifs is 1. The fourth-order valence-corrected chi connectivity index (χ4v) is 2.31. The third-order valence-electron chi connectivity index (χ3n) is 3.59. The van der Waals surface area contributed by atoms with Gasteiger partial charge in [-0.2, -0.15) is 0 Å². The molecule has 0 saturated carbocycles. The molecule has 0 amide bonds. The van der Waals surface area contributed by atoms with Crippen LogP contribution in [0.15, 0.2) is 46.9 Å². The van der Waals surface area contributed by atoms with Crippen molar-refractivity contribution in [1.82, 2.24) is 4.98 Å². The lowest BCUT2D eigenvalue weighted by Crippen LogP contribution is -2.10. The van der Waals surface area contributed by atoms with Crippen LogP contribution in [0.2, 0.25) is 0 Å². The smallest absolute Gasteiger partial charge is 0.313 e. The van der Waals surface area contributed by atoms with Crippen molar-refractivity contribution in [3.63, 3.8) is 0 Å². The van der Waals surface area contributed by atoms with Crippen molar-refractivity contribution in [3.8, 4) is 11.5 Å². The Bertz CT molecular complexity index is 842. The lowest BCUT2D eigenvalue weighted by Gasteiger charge is -2.18. The van der Waals surface area contributed by atoms with E-state index in [4.69, 9.17) is 4.42 Å². The molecule has 0 aliphatic heterocycles. The minimum atomic E-state index is -0.458. The zero-order valence-electron chi connectivity index (χ0n) is 12.7. The Hall–Kier alpha value is -2.69. The number of aromatic nitrogens is 1. The number of hydrogen-bond donors (Lipinski definition) is 0. The molecule has 0 radical (unpaired) electrons.